The average molecular weight is 793 g/mol. The molecule has 12 heteroatoms. The van der Waals surface area contributed by atoms with Crippen LogP contribution in [0.5, 0.6) is 34.5 Å². The molecule has 0 amide bonds. The van der Waals surface area contributed by atoms with Gasteiger partial charge in [-0.2, -0.15) is 0 Å². The van der Waals surface area contributed by atoms with Crippen LogP contribution in [0.1, 0.15) is 0 Å². The molecule has 0 saturated carbocycles. The Morgan fingerprint density at radius 2 is 0.283 bits per heavy atom. The van der Waals surface area contributed by atoms with E-state index in [-0.39, 0.29) is 34.5 Å². The maximum atomic E-state index is 8.67. The summed E-state index contributed by atoms with van der Waals surface area (Å²) in [5, 5.41) is 52.0. The van der Waals surface area contributed by atoms with Gasteiger partial charge in [-0.25, -0.2) is 29.9 Å². The van der Waals surface area contributed by atoms with Crippen LogP contribution in [-0.2, 0) is 0 Å². The number of aromatic nitrogens is 6. The summed E-state index contributed by atoms with van der Waals surface area (Å²) in [4.78, 5) is 27.1. The van der Waals surface area contributed by atoms with Crippen molar-refractivity contribution in [3.8, 4) is 34.5 Å². The second-order valence-electron chi connectivity index (χ2n) is 13.0. The molecule has 0 radical (unpaired) electrons. The molecule has 0 atom stereocenters. The first kappa shape index (κ1) is 39.6. The van der Waals surface area contributed by atoms with Gasteiger partial charge in [0.05, 0.1) is 66.2 Å². The molecular formula is C48H36N6O6. The highest BCUT2D eigenvalue weighted by Gasteiger charge is 2.01. The molecule has 60 heavy (non-hydrogen) atoms. The van der Waals surface area contributed by atoms with Crippen molar-refractivity contribution in [2.45, 2.75) is 0 Å². The van der Waals surface area contributed by atoms with E-state index >= 15 is 0 Å². The number of phenols is 6. The third kappa shape index (κ3) is 10.4. The summed E-state index contributed by atoms with van der Waals surface area (Å²) in [7, 11) is 0. The Bertz CT molecular complexity index is 2490. The minimum Gasteiger partial charge on any atom is -0.508 e. The molecule has 11 rings (SSSR count). The predicted molar refractivity (Wildman–Crippen MR) is 234 cm³/mol. The predicted octanol–water partition coefficient (Wildman–Crippen LogP) is 9.96. The highest BCUT2D eigenvalue weighted by molar-refractivity contribution is 5.87. The lowest BCUT2D eigenvalue weighted by Gasteiger charge is -1.98. The Morgan fingerprint density at radius 1 is 0.183 bits per heavy atom. The van der Waals surface area contributed by atoms with Crippen LogP contribution < -0.4 is 0 Å². The summed E-state index contributed by atoms with van der Waals surface area (Å²) < 4.78 is 0. The van der Waals surface area contributed by atoms with Gasteiger partial charge in [0, 0.05) is 36.4 Å². The summed E-state index contributed by atoms with van der Waals surface area (Å²) >= 11 is 0. The number of hydrogen-bond acceptors (Lipinski definition) is 12. The second-order valence-corrected chi connectivity index (χ2v) is 13.0. The van der Waals surface area contributed by atoms with Crippen molar-refractivity contribution >= 4 is 66.2 Å². The van der Waals surface area contributed by atoms with Crippen LogP contribution in [0.15, 0.2) is 182 Å². The molecule has 0 fully saturated rings. The van der Waals surface area contributed by atoms with Crippen LogP contribution in [-0.4, -0.2) is 60.5 Å². The van der Waals surface area contributed by atoms with Crippen molar-refractivity contribution < 1.29 is 30.6 Å². The molecule has 0 bridgehead atoms. The largest absolute Gasteiger partial charge is 0.508 e. The summed E-state index contributed by atoms with van der Waals surface area (Å²) in [6.45, 7) is 0. The fourth-order valence-corrected chi connectivity index (χ4v) is 5.86. The fourth-order valence-electron chi connectivity index (χ4n) is 5.86. The summed E-state index contributed by atoms with van der Waals surface area (Å²) in [6, 6.07) is 54.3. The van der Waals surface area contributed by atoms with E-state index < -0.39 is 0 Å². The van der Waals surface area contributed by atoms with E-state index in [0.29, 0.717) is 0 Å². The third-order valence-electron chi connectivity index (χ3n) is 8.51. The molecule has 294 valence electrons. The molecule has 11 aromatic rings. The van der Waals surface area contributed by atoms with Gasteiger partial charge in [0.1, 0.15) is 34.5 Å². The zero-order valence-corrected chi connectivity index (χ0v) is 31.7. The molecule has 0 spiro atoms. The van der Waals surface area contributed by atoms with Gasteiger partial charge in [-0.05, 0) is 72.8 Å². The molecule has 0 unspecified atom stereocenters. The Morgan fingerprint density at radius 3 is 0.383 bits per heavy atom. The van der Waals surface area contributed by atoms with Crippen molar-refractivity contribution in [1.29, 1.82) is 0 Å². The van der Waals surface area contributed by atoms with Gasteiger partial charge < -0.3 is 30.6 Å². The average Bonchev–Trinajstić information content (AvgIpc) is 3.24. The van der Waals surface area contributed by atoms with Crippen molar-refractivity contribution in [2.24, 2.45) is 0 Å². The Kier molecular flexibility index (Phi) is 12.2. The molecule has 3 aromatic heterocycles. The molecule has 0 saturated heterocycles. The number of benzene rings is 8. The molecule has 8 aromatic carbocycles. The van der Waals surface area contributed by atoms with Crippen LogP contribution in [0.4, 0.5) is 0 Å². The molecule has 6 N–H and O–H groups in total. The van der Waals surface area contributed by atoms with Crippen LogP contribution in [0.3, 0.4) is 0 Å². The fraction of sp³-hybridized carbons (Fsp3) is 0. The van der Waals surface area contributed by atoms with Gasteiger partial charge in [-0.1, -0.05) is 72.8 Å². The number of nitrogens with zero attached hydrogens (tertiary/aromatic N) is 6. The van der Waals surface area contributed by atoms with Crippen LogP contribution in [0, 0.1) is 0 Å². The molecule has 3 heterocycles. The summed E-state index contributed by atoms with van der Waals surface area (Å²) in [6.07, 6.45) is 0. The monoisotopic (exact) mass is 792 g/mol. The first-order chi connectivity index (χ1) is 29.2. The number of rotatable bonds is 0. The highest BCUT2D eigenvalue weighted by atomic mass is 16.3. The van der Waals surface area contributed by atoms with Crippen molar-refractivity contribution in [3.05, 3.63) is 182 Å². The van der Waals surface area contributed by atoms with E-state index in [4.69, 9.17) is 30.6 Å². The smallest absolute Gasteiger partial charge is 0.122 e. The standard InChI is InChI=1S/3C12H8N2.2C6H6O3/c3*1-2-6-10-9(5-1)13-11-7-3-4-8-12(11)14-10;2*7-4-1-5(8)3-6(9)2-4/h3*1-8H;2*1-3,7-9H. The van der Waals surface area contributed by atoms with Gasteiger partial charge in [-0.3, -0.25) is 0 Å². The van der Waals surface area contributed by atoms with Crippen molar-refractivity contribution in [3.63, 3.8) is 0 Å². The zero-order valence-electron chi connectivity index (χ0n) is 31.7. The van der Waals surface area contributed by atoms with Gasteiger partial charge in [0.2, 0.25) is 0 Å². The van der Waals surface area contributed by atoms with Crippen molar-refractivity contribution in [1.82, 2.24) is 29.9 Å². The molecule has 0 aliphatic carbocycles. The summed E-state index contributed by atoms with van der Waals surface area (Å²) in [5.74, 6) is -0.875. The van der Waals surface area contributed by atoms with Gasteiger partial charge in [0.25, 0.3) is 0 Å². The normalized spacial score (nSPS) is 10.4. The number of para-hydroxylation sites is 12. The molecule has 0 aliphatic heterocycles. The van der Waals surface area contributed by atoms with Gasteiger partial charge in [-0.15, -0.1) is 0 Å². The minimum atomic E-state index is -0.146. The maximum Gasteiger partial charge on any atom is 0.122 e. The number of hydrogen-bond donors (Lipinski definition) is 6. The molecule has 0 aliphatic rings. The third-order valence-corrected chi connectivity index (χ3v) is 8.51. The van der Waals surface area contributed by atoms with E-state index in [1.54, 1.807) is 0 Å². The molecular weight excluding hydrogens is 757 g/mol. The van der Waals surface area contributed by atoms with E-state index in [0.717, 1.165) is 103 Å². The van der Waals surface area contributed by atoms with Gasteiger partial charge in [0.15, 0.2) is 0 Å². The minimum absolute atomic E-state index is 0.146. The quantitative estimate of drug-likeness (QED) is 0.0796. The van der Waals surface area contributed by atoms with E-state index in [1.807, 2.05) is 146 Å². The SMILES string of the molecule is Oc1cc(O)cc(O)c1.Oc1cc(O)cc(O)c1.c1ccc2nc3ccccc3nc2c1.c1ccc2nc3ccccc3nc2c1.c1ccc2nc3ccccc3nc2c1. The summed E-state index contributed by atoms with van der Waals surface area (Å²) in [5.41, 5.74) is 11.4. The van der Waals surface area contributed by atoms with E-state index in [1.165, 1.54) is 0 Å². The number of phenolic OH excluding ortho intramolecular Hbond substituents is 6. The van der Waals surface area contributed by atoms with E-state index in [9.17, 15) is 0 Å². The van der Waals surface area contributed by atoms with Crippen LogP contribution in [0.25, 0.3) is 66.2 Å². The first-order valence-corrected chi connectivity index (χ1v) is 18.5. The Labute approximate surface area is 342 Å². The lowest BCUT2D eigenvalue weighted by atomic mass is 10.2. The maximum absolute atomic E-state index is 8.67. The van der Waals surface area contributed by atoms with Crippen LogP contribution in [0.2, 0.25) is 0 Å². The van der Waals surface area contributed by atoms with Gasteiger partial charge >= 0.3 is 0 Å². The Hall–Kier alpha value is -8.64. The molecule has 12 nitrogen and oxygen atoms in total. The Balaban J connectivity index is 0.000000115. The number of aromatic hydroxyl groups is 6. The topological polar surface area (TPSA) is 199 Å². The van der Waals surface area contributed by atoms with Crippen LogP contribution >= 0.6 is 0 Å². The highest BCUT2D eigenvalue weighted by Crippen LogP contribution is 2.25. The zero-order chi connectivity index (χ0) is 41.8. The number of fused-ring (bicyclic) bond motifs is 6. The van der Waals surface area contributed by atoms with E-state index in [2.05, 4.69) is 29.9 Å². The lowest BCUT2D eigenvalue weighted by molar-refractivity contribution is 0.426. The first-order valence-electron chi connectivity index (χ1n) is 18.5. The lowest BCUT2D eigenvalue weighted by Crippen LogP contribution is -1.85. The second kappa shape index (κ2) is 18.5. The van der Waals surface area contributed by atoms with Crippen molar-refractivity contribution in [2.75, 3.05) is 0 Å².